The number of anilines is 1. The molecule has 0 amide bonds. The Morgan fingerprint density at radius 1 is 1.29 bits per heavy atom. The van der Waals surface area contributed by atoms with Crippen LogP contribution in [0.15, 0.2) is 35.2 Å². The van der Waals surface area contributed by atoms with Gasteiger partial charge in [0.25, 0.3) is 0 Å². The number of aromatic nitrogens is 2. The van der Waals surface area contributed by atoms with Crippen LogP contribution in [0.3, 0.4) is 0 Å². The summed E-state index contributed by atoms with van der Waals surface area (Å²) in [6.45, 7) is 4.65. The molecule has 2 N–H and O–H groups in total. The van der Waals surface area contributed by atoms with Crippen molar-refractivity contribution in [3.8, 4) is 0 Å². The number of aryl methyl sites for hydroxylation is 1. The number of hydrogen-bond acceptors (Lipinski definition) is 5. The highest BCUT2D eigenvalue weighted by molar-refractivity contribution is 7.98. The summed E-state index contributed by atoms with van der Waals surface area (Å²) >= 11 is 1.58. The van der Waals surface area contributed by atoms with Gasteiger partial charge in [0.1, 0.15) is 11.6 Å². The summed E-state index contributed by atoms with van der Waals surface area (Å²) in [7, 11) is 0. The maximum atomic E-state index is 11.1. The number of carboxylic acids is 1. The van der Waals surface area contributed by atoms with E-state index in [9.17, 15) is 4.79 Å². The van der Waals surface area contributed by atoms with E-state index in [1.54, 1.807) is 11.8 Å². The fraction of sp³-hybridized carbons (Fsp3) is 0.267. The van der Waals surface area contributed by atoms with Gasteiger partial charge in [-0.15, -0.1) is 11.8 Å². The van der Waals surface area contributed by atoms with E-state index in [1.807, 2.05) is 38.1 Å². The van der Waals surface area contributed by atoms with Crippen LogP contribution in [0.5, 0.6) is 0 Å². The van der Waals surface area contributed by atoms with E-state index in [0.717, 1.165) is 4.90 Å². The van der Waals surface area contributed by atoms with Crippen LogP contribution in [0.4, 0.5) is 5.82 Å². The summed E-state index contributed by atoms with van der Waals surface area (Å²) in [5, 5.41) is 12.1. The third-order valence-corrected chi connectivity index (χ3v) is 3.75. The van der Waals surface area contributed by atoms with Gasteiger partial charge >= 0.3 is 5.97 Å². The van der Waals surface area contributed by atoms with E-state index in [0.29, 0.717) is 23.9 Å². The summed E-state index contributed by atoms with van der Waals surface area (Å²) in [4.78, 5) is 20.6. The number of carboxylic acid groups (broad SMARTS) is 1. The second-order valence-corrected chi connectivity index (χ2v) is 5.54. The molecule has 2 aromatic rings. The lowest BCUT2D eigenvalue weighted by atomic mass is 10.2. The second kappa shape index (κ2) is 7.08. The normalized spacial score (nSPS) is 10.4. The molecular weight excluding hydrogens is 286 g/mol. The van der Waals surface area contributed by atoms with Gasteiger partial charge in [-0.1, -0.05) is 17.7 Å². The van der Waals surface area contributed by atoms with Gasteiger partial charge in [-0.2, -0.15) is 0 Å². The van der Waals surface area contributed by atoms with Crippen molar-refractivity contribution in [2.45, 2.75) is 24.5 Å². The first-order chi connectivity index (χ1) is 10.1. The van der Waals surface area contributed by atoms with E-state index >= 15 is 0 Å². The van der Waals surface area contributed by atoms with E-state index < -0.39 is 5.97 Å². The highest BCUT2D eigenvalue weighted by Crippen LogP contribution is 2.22. The highest BCUT2D eigenvalue weighted by atomic mass is 32.2. The van der Waals surface area contributed by atoms with E-state index in [1.165, 1.54) is 11.6 Å². The number of nitrogens with zero attached hydrogens (tertiary/aromatic N) is 2. The van der Waals surface area contributed by atoms with Gasteiger partial charge < -0.3 is 10.4 Å². The average molecular weight is 303 g/mol. The van der Waals surface area contributed by atoms with Crippen molar-refractivity contribution in [2.24, 2.45) is 0 Å². The Morgan fingerprint density at radius 2 is 2.00 bits per heavy atom. The molecule has 0 aliphatic carbocycles. The number of aromatic carboxylic acids is 1. The first-order valence-corrected chi connectivity index (χ1v) is 7.61. The van der Waals surface area contributed by atoms with Crippen LogP contribution in [0.2, 0.25) is 0 Å². The topological polar surface area (TPSA) is 75.1 Å². The smallest absolute Gasteiger partial charge is 0.354 e. The van der Waals surface area contributed by atoms with Gasteiger partial charge in [0.2, 0.25) is 0 Å². The molecular formula is C15H17N3O2S. The second-order valence-electron chi connectivity index (χ2n) is 4.49. The molecule has 0 aliphatic rings. The lowest BCUT2D eigenvalue weighted by Gasteiger charge is -2.07. The molecule has 0 radical (unpaired) electrons. The highest BCUT2D eigenvalue weighted by Gasteiger charge is 2.10. The average Bonchev–Trinajstić information content (AvgIpc) is 2.47. The van der Waals surface area contributed by atoms with Gasteiger partial charge in [-0.05, 0) is 26.0 Å². The zero-order chi connectivity index (χ0) is 15.2. The standard InChI is InChI=1S/C15H17N3O2S/c1-3-16-13-8-12(15(19)20)17-14(18-13)9-21-11-6-4-10(2)5-7-11/h4-8H,3,9H2,1-2H3,(H,19,20)(H,16,17,18). The van der Waals surface area contributed by atoms with Crippen molar-refractivity contribution in [3.05, 3.63) is 47.4 Å². The lowest BCUT2D eigenvalue weighted by molar-refractivity contribution is 0.0690. The molecule has 6 heteroatoms. The first-order valence-electron chi connectivity index (χ1n) is 6.63. The van der Waals surface area contributed by atoms with Crippen LogP contribution >= 0.6 is 11.8 Å². The molecule has 1 aromatic carbocycles. The number of rotatable bonds is 6. The van der Waals surface area contributed by atoms with Crippen LogP contribution in [0.25, 0.3) is 0 Å². The maximum absolute atomic E-state index is 11.1. The van der Waals surface area contributed by atoms with Crippen LogP contribution in [-0.2, 0) is 5.75 Å². The molecule has 110 valence electrons. The largest absolute Gasteiger partial charge is 0.477 e. The number of benzene rings is 1. The molecule has 0 atom stereocenters. The summed E-state index contributed by atoms with van der Waals surface area (Å²) in [6, 6.07) is 9.60. The predicted octanol–water partition coefficient (Wildman–Crippen LogP) is 3.21. The molecule has 0 unspecified atom stereocenters. The molecule has 0 bridgehead atoms. The van der Waals surface area contributed by atoms with Crippen LogP contribution in [-0.4, -0.2) is 27.6 Å². The summed E-state index contributed by atoms with van der Waals surface area (Å²) in [5.41, 5.74) is 1.22. The minimum atomic E-state index is -1.04. The molecule has 0 aliphatic heterocycles. The minimum Gasteiger partial charge on any atom is -0.477 e. The quantitative estimate of drug-likeness (QED) is 0.798. The van der Waals surface area contributed by atoms with E-state index in [4.69, 9.17) is 5.11 Å². The summed E-state index contributed by atoms with van der Waals surface area (Å²) in [5.74, 6) is 0.543. The Kier molecular flexibility index (Phi) is 5.16. The number of carbonyl (C=O) groups is 1. The zero-order valence-electron chi connectivity index (χ0n) is 12.0. The molecule has 0 fully saturated rings. The Labute approximate surface area is 127 Å². The SMILES string of the molecule is CCNc1cc(C(=O)O)nc(CSc2ccc(C)cc2)n1. The van der Waals surface area contributed by atoms with Crippen LogP contribution < -0.4 is 5.32 Å². The Morgan fingerprint density at radius 3 is 2.62 bits per heavy atom. The van der Waals surface area contributed by atoms with E-state index in [-0.39, 0.29) is 5.69 Å². The number of thioether (sulfide) groups is 1. The molecule has 0 spiro atoms. The van der Waals surface area contributed by atoms with Crippen LogP contribution in [0.1, 0.15) is 28.8 Å². The minimum absolute atomic E-state index is 0.0143. The van der Waals surface area contributed by atoms with Crippen molar-refractivity contribution in [2.75, 3.05) is 11.9 Å². The van der Waals surface area contributed by atoms with Crippen molar-refractivity contribution in [3.63, 3.8) is 0 Å². The molecule has 0 saturated carbocycles. The third-order valence-electron chi connectivity index (χ3n) is 2.74. The Bertz CT molecular complexity index is 629. The summed E-state index contributed by atoms with van der Waals surface area (Å²) < 4.78 is 0. The predicted molar refractivity (Wildman–Crippen MR) is 83.9 cm³/mol. The van der Waals surface area contributed by atoms with Crippen molar-refractivity contribution < 1.29 is 9.90 Å². The first kappa shape index (κ1) is 15.3. The Balaban J connectivity index is 2.14. The fourth-order valence-corrected chi connectivity index (χ4v) is 2.48. The number of nitrogens with one attached hydrogen (secondary N) is 1. The maximum Gasteiger partial charge on any atom is 0.354 e. The van der Waals surface area contributed by atoms with Crippen LogP contribution in [0, 0.1) is 6.92 Å². The zero-order valence-corrected chi connectivity index (χ0v) is 12.8. The molecule has 1 heterocycles. The van der Waals surface area contributed by atoms with Crippen molar-refractivity contribution >= 4 is 23.5 Å². The monoisotopic (exact) mass is 303 g/mol. The molecule has 5 nitrogen and oxygen atoms in total. The van der Waals surface area contributed by atoms with Gasteiger partial charge in [0, 0.05) is 17.5 Å². The van der Waals surface area contributed by atoms with Gasteiger partial charge in [-0.3, -0.25) is 0 Å². The Hall–Kier alpha value is -2.08. The molecule has 2 rings (SSSR count). The summed E-state index contributed by atoms with van der Waals surface area (Å²) in [6.07, 6.45) is 0. The van der Waals surface area contributed by atoms with Gasteiger partial charge in [-0.25, -0.2) is 14.8 Å². The van der Waals surface area contributed by atoms with Crippen molar-refractivity contribution in [1.82, 2.24) is 9.97 Å². The van der Waals surface area contributed by atoms with Gasteiger partial charge in [0.05, 0.1) is 5.75 Å². The fourth-order valence-electron chi connectivity index (χ4n) is 1.73. The lowest BCUT2D eigenvalue weighted by Crippen LogP contribution is -2.09. The molecule has 21 heavy (non-hydrogen) atoms. The van der Waals surface area contributed by atoms with Gasteiger partial charge in [0.15, 0.2) is 5.69 Å². The molecule has 0 saturated heterocycles. The van der Waals surface area contributed by atoms with E-state index in [2.05, 4.69) is 15.3 Å². The van der Waals surface area contributed by atoms with Crippen molar-refractivity contribution in [1.29, 1.82) is 0 Å². The third kappa shape index (κ3) is 4.46. The molecule has 1 aromatic heterocycles. The number of hydrogen-bond donors (Lipinski definition) is 2.